The van der Waals surface area contributed by atoms with Crippen LogP contribution in [0.1, 0.15) is 55.0 Å². The number of thiophene rings is 1. The van der Waals surface area contributed by atoms with Gasteiger partial charge in [0.05, 0.1) is 16.8 Å². The number of rotatable bonds is 5. The second-order valence-corrected chi connectivity index (χ2v) is 10.4. The lowest BCUT2D eigenvalue weighted by Gasteiger charge is -2.18. The number of thioether (sulfide) groups is 1. The fraction of sp³-hybridized carbons (Fsp3) is 0.435. The van der Waals surface area contributed by atoms with Crippen molar-refractivity contribution in [1.29, 1.82) is 0 Å². The number of nitrogens with zero attached hydrogens (tertiary/aromatic N) is 2. The topological polar surface area (TPSA) is 64.0 Å². The van der Waals surface area contributed by atoms with Gasteiger partial charge in [-0.15, -0.1) is 11.3 Å². The van der Waals surface area contributed by atoms with Crippen LogP contribution in [0.25, 0.3) is 10.2 Å². The zero-order valence-corrected chi connectivity index (χ0v) is 19.1. The minimum absolute atomic E-state index is 0.000355. The van der Waals surface area contributed by atoms with E-state index in [0.717, 1.165) is 85.3 Å². The van der Waals surface area contributed by atoms with Crippen LogP contribution in [0.5, 0.6) is 0 Å². The summed E-state index contributed by atoms with van der Waals surface area (Å²) in [4.78, 5) is 32.9. The number of carbonyl (C=O) groups excluding carboxylic acids is 1. The Labute approximate surface area is 192 Å². The van der Waals surface area contributed by atoms with Crippen LogP contribution in [0.3, 0.4) is 0 Å². The Morgan fingerprint density at radius 3 is 2.78 bits per heavy atom. The van der Waals surface area contributed by atoms with Gasteiger partial charge in [-0.05, 0) is 56.2 Å². The molecule has 9 heteroatoms. The molecule has 2 aliphatic rings. The van der Waals surface area contributed by atoms with Crippen molar-refractivity contribution in [2.24, 2.45) is 0 Å². The highest BCUT2D eigenvalue weighted by atomic mass is 32.2. The van der Waals surface area contributed by atoms with Crippen molar-refractivity contribution in [2.75, 3.05) is 11.1 Å². The Balaban J connectivity index is 1.46. The Morgan fingerprint density at radius 2 is 1.97 bits per heavy atom. The maximum atomic E-state index is 13.9. The van der Waals surface area contributed by atoms with Crippen molar-refractivity contribution < 1.29 is 13.6 Å². The molecule has 5 nitrogen and oxygen atoms in total. The smallest absolute Gasteiger partial charge is 0.263 e. The quantitative estimate of drug-likeness (QED) is 0.393. The molecule has 0 radical (unpaired) electrons. The number of aryl methyl sites for hydroxylation is 2. The highest BCUT2D eigenvalue weighted by Gasteiger charge is 2.27. The highest BCUT2D eigenvalue weighted by Crippen LogP contribution is 2.37. The fourth-order valence-corrected chi connectivity index (χ4v) is 6.86. The lowest BCUT2D eigenvalue weighted by molar-refractivity contribution is -0.113. The molecule has 2 heterocycles. The van der Waals surface area contributed by atoms with Crippen molar-refractivity contribution in [1.82, 2.24) is 9.55 Å². The Hall–Kier alpha value is -2.26. The molecule has 0 atom stereocenters. The molecular weight excluding hydrogens is 452 g/mol. The minimum Gasteiger partial charge on any atom is -0.323 e. The molecule has 168 valence electrons. The van der Waals surface area contributed by atoms with Gasteiger partial charge in [0.2, 0.25) is 5.91 Å². The minimum atomic E-state index is -0.698. The van der Waals surface area contributed by atoms with Gasteiger partial charge in [-0.2, -0.15) is 0 Å². The van der Waals surface area contributed by atoms with E-state index in [1.54, 1.807) is 15.9 Å². The SMILES string of the molecule is O=C(CSc1nc2sc3c(c2c(=O)n1C1CCCC1)CCCC3)Nc1cc(F)ccc1F. The van der Waals surface area contributed by atoms with Gasteiger partial charge in [0, 0.05) is 17.0 Å². The fourth-order valence-electron chi connectivity index (χ4n) is 4.69. The lowest BCUT2D eigenvalue weighted by atomic mass is 9.97. The first-order chi connectivity index (χ1) is 15.5. The summed E-state index contributed by atoms with van der Waals surface area (Å²) < 4.78 is 29.0. The van der Waals surface area contributed by atoms with Gasteiger partial charge in [-0.3, -0.25) is 14.2 Å². The van der Waals surface area contributed by atoms with E-state index in [0.29, 0.717) is 5.16 Å². The average molecular weight is 476 g/mol. The summed E-state index contributed by atoms with van der Waals surface area (Å²) in [5.74, 6) is -1.85. The summed E-state index contributed by atoms with van der Waals surface area (Å²) >= 11 is 2.77. The van der Waals surface area contributed by atoms with Gasteiger partial charge < -0.3 is 5.32 Å². The van der Waals surface area contributed by atoms with Crippen LogP contribution >= 0.6 is 23.1 Å². The van der Waals surface area contributed by atoms with Gasteiger partial charge >= 0.3 is 0 Å². The summed E-state index contributed by atoms with van der Waals surface area (Å²) in [6.45, 7) is 0. The van der Waals surface area contributed by atoms with E-state index < -0.39 is 17.5 Å². The Kier molecular flexibility index (Phi) is 6.03. The third-order valence-corrected chi connectivity index (χ3v) is 8.35. The number of halogens is 2. The van der Waals surface area contributed by atoms with Gasteiger partial charge in [-0.25, -0.2) is 13.8 Å². The van der Waals surface area contributed by atoms with Gasteiger partial charge in [0.25, 0.3) is 5.56 Å². The number of aromatic nitrogens is 2. The van der Waals surface area contributed by atoms with E-state index in [1.165, 1.54) is 16.6 Å². The monoisotopic (exact) mass is 475 g/mol. The first kappa shape index (κ1) is 21.6. The summed E-state index contributed by atoms with van der Waals surface area (Å²) in [6, 6.07) is 3.01. The van der Waals surface area contributed by atoms with Crippen LogP contribution < -0.4 is 10.9 Å². The summed E-state index contributed by atoms with van der Waals surface area (Å²) in [6.07, 6.45) is 8.13. The van der Waals surface area contributed by atoms with Crippen molar-refractivity contribution >= 4 is 44.9 Å². The number of fused-ring (bicyclic) bond motifs is 3. The number of hydrogen-bond donors (Lipinski definition) is 1. The predicted octanol–water partition coefficient (Wildman–Crippen LogP) is 5.46. The van der Waals surface area contributed by atoms with Crippen LogP contribution in [0.15, 0.2) is 28.2 Å². The van der Waals surface area contributed by atoms with Gasteiger partial charge in [0.15, 0.2) is 5.16 Å². The third kappa shape index (κ3) is 4.08. The molecule has 0 unspecified atom stereocenters. The summed E-state index contributed by atoms with van der Waals surface area (Å²) in [5.41, 5.74) is 0.967. The molecule has 1 saturated carbocycles. The number of carbonyl (C=O) groups is 1. The van der Waals surface area contributed by atoms with E-state index >= 15 is 0 Å². The summed E-state index contributed by atoms with van der Waals surface area (Å²) in [7, 11) is 0. The Bertz CT molecular complexity index is 1250. The largest absolute Gasteiger partial charge is 0.323 e. The molecule has 1 N–H and O–H groups in total. The maximum absolute atomic E-state index is 13.9. The molecule has 0 saturated heterocycles. The maximum Gasteiger partial charge on any atom is 0.263 e. The molecule has 0 aliphatic heterocycles. The number of amides is 1. The predicted molar refractivity (Wildman–Crippen MR) is 124 cm³/mol. The Morgan fingerprint density at radius 1 is 1.19 bits per heavy atom. The van der Waals surface area contributed by atoms with E-state index in [1.807, 2.05) is 0 Å². The molecule has 2 aromatic heterocycles. The van der Waals surface area contributed by atoms with Crippen LogP contribution in [0.2, 0.25) is 0 Å². The molecule has 0 spiro atoms. The number of nitrogens with one attached hydrogen (secondary N) is 1. The highest BCUT2D eigenvalue weighted by molar-refractivity contribution is 7.99. The molecule has 1 aromatic carbocycles. The average Bonchev–Trinajstić information content (AvgIpc) is 3.42. The third-order valence-electron chi connectivity index (χ3n) is 6.21. The second-order valence-electron chi connectivity index (χ2n) is 8.36. The summed E-state index contributed by atoms with van der Waals surface area (Å²) in [5, 5.41) is 3.70. The van der Waals surface area contributed by atoms with Crippen LogP contribution in [0.4, 0.5) is 14.5 Å². The standard InChI is InChI=1S/C23H23F2N3O2S2/c24-13-9-10-16(25)17(11-13)26-19(29)12-31-23-27-21-20(15-7-3-4-8-18(15)32-21)22(30)28(23)14-5-1-2-6-14/h9-11,14H,1-8,12H2,(H,26,29). The van der Waals surface area contributed by atoms with Gasteiger partial charge in [0.1, 0.15) is 16.5 Å². The first-order valence-corrected chi connectivity index (χ1v) is 12.8. The zero-order chi connectivity index (χ0) is 22.2. The molecule has 32 heavy (non-hydrogen) atoms. The van der Waals surface area contributed by atoms with E-state index in [-0.39, 0.29) is 23.0 Å². The van der Waals surface area contributed by atoms with Crippen molar-refractivity contribution in [3.8, 4) is 0 Å². The number of benzene rings is 1. The van der Waals surface area contributed by atoms with Gasteiger partial charge in [-0.1, -0.05) is 24.6 Å². The molecular formula is C23H23F2N3O2S2. The van der Waals surface area contributed by atoms with E-state index in [9.17, 15) is 18.4 Å². The zero-order valence-electron chi connectivity index (χ0n) is 17.5. The van der Waals surface area contributed by atoms with Crippen molar-refractivity contribution in [2.45, 2.75) is 62.6 Å². The van der Waals surface area contributed by atoms with Crippen molar-refractivity contribution in [3.05, 3.63) is 50.6 Å². The molecule has 3 aromatic rings. The number of hydrogen-bond acceptors (Lipinski definition) is 5. The van der Waals surface area contributed by atoms with Crippen molar-refractivity contribution in [3.63, 3.8) is 0 Å². The van der Waals surface area contributed by atoms with Crippen LogP contribution in [0, 0.1) is 11.6 Å². The normalized spacial score (nSPS) is 16.4. The molecule has 5 rings (SSSR count). The van der Waals surface area contributed by atoms with E-state index in [2.05, 4.69) is 5.32 Å². The van der Waals surface area contributed by atoms with Crippen LogP contribution in [-0.4, -0.2) is 21.2 Å². The molecule has 1 amide bonds. The second kappa shape index (κ2) is 8.94. The molecule has 1 fully saturated rings. The lowest BCUT2D eigenvalue weighted by Crippen LogP contribution is -2.27. The molecule has 0 bridgehead atoms. The molecule has 2 aliphatic carbocycles. The van der Waals surface area contributed by atoms with Crippen LogP contribution in [-0.2, 0) is 17.6 Å². The number of anilines is 1. The van der Waals surface area contributed by atoms with E-state index in [4.69, 9.17) is 4.98 Å². The first-order valence-electron chi connectivity index (χ1n) is 11.0.